The van der Waals surface area contributed by atoms with Crippen molar-refractivity contribution in [2.45, 2.75) is 13.3 Å². The van der Waals surface area contributed by atoms with Gasteiger partial charge in [0.05, 0.1) is 20.8 Å². The van der Waals surface area contributed by atoms with Crippen molar-refractivity contribution < 1.29 is 37.9 Å². The number of ether oxygens (including phenoxy) is 3. The molecule has 0 spiro atoms. The van der Waals surface area contributed by atoms with E-state index in [0.29, 0.717) is 23.7 Å². The summed E-state index contributed by atoms with van der Waals surface area (Å²) in [5.74, 6) is 1.89. The molecule has 2 aromatic rings. The molecule has 6 heteroatoms. The van der Waals surface area contributed by atoms with E-state index in [4.69, 9.17) is 14.2 Å². The minimum absolute atomic E-state index is 0. The number of methoxy groups -OCH3 is 2. The van der Waals surface area contributed by atoms with Gasteiger partial charge >= 0.3 is 18.9 Å². The summed E-state index contributed by atoms with van der Waals surface area (Å²) >= 11 is 0. The summed E-state index contributed by atoms with van der Waals surface area (Å²) in [6.07, 6.45) is 0.968. The standard InChI is InChI=1S/C18H21O4P.Li/c1-4-12-22-13-8-10-14(11-9-13)23-18(19)17-15(20-2)6-5-7-16(17)21-3;/h5-11,23H,4,12H2,1-3H3;/q;+1. The first-order chi connectivity index (χ1) is 11.2. The number of carbonyl (C=O) groups is 1. The van der Waals surface area contributed by atoms with E-state index < -0.39 is 0 Å². The molecule has 2 aromatic carbocycles. The zero-order chi connectivity index (χ0) is 16.7. The molecule has 0 N–H and O–H groups in total. The van der Waals surface area contributed by atoms with E-state index in [2.05, 4.69) is 6.92 Å². The van der Waals surface area contributed by atoms with Crippen molar-refractivity contribution in [3.8, 4) is 17.2 Å². The van der Waals surface area contributed by atoms with Crippen LogP contribution in [0.5, 0.6) is 17.2 Å². The van der Waals surface area contributed by atoms with Gasteiger partial charge in [0.15, 0.2) is 5.52 Å². The Morgan fingerprint density at radius 2 is 1.58 bits per heavy atom. The molecule has 0 bridgehead atoms. The van der Waals surface area contributed by atoms with Gasteiger partial charge in [-0.25, -0.2) is 0 Å². The fourth-order valence-electron chi connectivity index (χ4n) is 2.12. The van der Waals surface area contributed by atoms with Crippen LogP contribution >= 0.6 is 8.58 Å². The Morgan fingerprint density at radius 1 is 1.00 bits per heavy atom. The minimum Gasteiger partial charge on any atom is -0.496 e. The van der Waals surface area contributed by atoms with Gasteiger partial charge < -0.3 is 14.2 Å². The van der Waals surface area contributed by atoms with Gasteiger partial charge in [-0.3, -0.25) is 4.79 Å². The topological polar surface area (TPSA) is 44.8 Å². The van der Waals surface area contributed by atoms with Crippen molar-refractivity contribution in [3.63, 3.8) is 0 Å². The Hall–Kier alpha value is -1.46. The molecule has 122 valence electrons. The van der Waals surface area contributed by atoms with E-state index >= 15 is 0 Å². The predicted molar refractivity (Wildman–Crippen MR) is 94.1 cm³/mol. The summed E-state index contributed by atoms with van der Waals surface area (Å²) < 4.78 is 16.1. The zero-order valence-corrected chi connectivity index (χ0v) is 15.6. The van der Waals surface area contributed by atoms with Crippen LogP contribution in [-0.4, -0.2) is 26.4 Å². The van der Waals surface area contributed by atoms with E-state index in [1.807, 2.05) is 24.3 Å². The zero-order valence-electron chi connectivity index (χ0n) is 14.6. The molecular weight excluding hydrogens is 318 g/mol. The largest absolute Gasteiger partial charge is 1.00 e. The average molecular weight is 339 g/mol. The van der Waals surface area contributed by atoms with Gasteiger partial charge in [-0.1, -0.05) is 25.1 Å². The molecule has 0 aliphatic rings. The van der Waals surface area contributed by atoms with Crippen LogP contribution < -0.4 is 38.4 Å². The fourth-order valence-corrected chi connectivity index (χ4v) is 3.09. The van der Waals surface area contributed by atoms with Gasteiger partial charge in [0.2, 0.25) is 0 Å². The molecule has 0 amide bonds. The molecule has 4 nitrogen and oxygen atoms in total. The number of hydrogen-bond acceptors (Lipinski definition) is 4. The van der Waals surface area contributed by atoms with Crippen LogP contribution in [0.1, 0.15) is 23.7 Å². The first-order valence-corrected chi connectivity index (χ1v) is 8.44. The van der Waals surface area contributed by atoms with Crippen molar-refractivity contribution >= 4 is 19.4 Å². The van der Waals surface area contributed by atoms with Gasteiger partial charge in [-0.15, -0.1) is 0 Å². The molecule has 0 saturated carbocycles. The summed E-state index contributed by atoms with van der Waals surface area (Å²) in [5.41, 5.74) is 0.476. The van der Waals surface area contributed by atoms with Gasteiger partial charge in [-0.05, 0) is 44.6 Å². The monoisotopic (exact) mass is 339 g/mol. The second-order valence-corrected chi connectivity index (χ2v) is 6.15. The smallest absolute Gasteiger partial charge is 0.496 e. The van der Waals surface area contributed by atoms with Crippen LogP contribution in [0.3, 0.4) is 0 Å². The van der Waals surface area contributed by atoms with Crippen LogP contribution in [0.25, 0.3) is 0 Å². The molecule has 0 saturated heterocycles. The molecule has 0 radical (unpaired) electrons. The van der Waals surface area contributed by atoms with Crippen LogP contribution in [0.15, 0.2) is 42.5 Å². The van der Waals surface area contributed by atoms with Crippen LogP contribution in [-0.2, 0) is 0 Å². The molecule has 0 fully saturated rings. The maximum absolute atomic E-state index is 12.7. The third-order valence-electron chi connectivity index (χ3n) is 3.24. The van der Waals surface area contributed by atoms with Crippen LogP contribution in [0.2, 0.25) is 0 Å². The first kappa shape index (κ1) is 20.6. The second-order valence-electron chi connectivity index (χ2n) is 4.86. The Balaban J connectivity index is 0.00000288. The molecule has 24 heavy (non-hydrogen) atoms. The molecule has 0 aliphatic carbocycles. The van der Waals surface area contributed by atoms with Crippen molar-refractivity contribution in [3.05, 3.63) is 48.0 Å². The van der Waals surface area contributed by atoms with E-state index in [9.17, 15) is 4.79 Å². The Kier molecular flexibility index (Phi) is 8.93. The van der Waals surface area contributed by atoms with Crippen molar-refractivity contribution in [1.29, 1.82) is 0 Å². The Morgan fingerprint density at radius 3 is 2.08 bits per heavy atom. The normalized spacial score (nSPS) is 10.3. The van der Waals surface area contributed by atoms with Gasteiger partial charge in [0, 0.05) is 0 Å². The SMILES string of the molecule is CCCOc1ccc(PC(=O)c2c(OC)cccc2OC)cc1.[Li+]. The maximum Gasteiger partial charge on any atom is 1.00 e. The van der Waals surface area contributed by atoms with Crippen LogP contribution in [0, 0.1) is 0 Å². The van der Waals surface area contributed by atoms with Crippen molar-refractivity contribution in [1.82, 2.24) is 0 Å². The summed E-state index contributed by atoms with van der Waals surface area (Å²) in [6, 6.07) is 13.0. The fraction of sp³-hybridized carbons (Fsp3) is 0.278. The molecular formula is C18H21LiO4P+. The number of hydrogen-bond donors (Lipinski definition) is 0. The Labute approximate surface area is 156 Å². The third kappa shape index (κ3) is 5.28. The molecule has 0 aliphatic heterocycles. The summed E-state index contributed by atoms with van der Waals surface area (Å²) in [6.45, 7) is 2.76. The average Bonchev–Trinajstić information content (AvgIpc) is 2.60. The van der Waals surface area contributed by atoms with E-state index in [-0.39, 0.29) is 33.0 Å². The van der Waals surface area contributed by atoms with Gasteiger partial charge in [-0.2, -0.15) is 0 Å². The maximum atomic E-state index is 12.7. The summed E-state index contributed by atoms with van der Waals surface area (Å²) in [4.78, 5) is 12.7. The summed E-state index contributed by atoms with van der Waals surface area (Å²) in [7, 11) is 3.10. The predicted octanol–water partition coefficient (Wildman–Crippen LogP) is 0.641. The molecule has 0 aromatic heterocycles. The Bertz CT molecular complexity index is 636. The number of rotatable bonds is 8. The minimum atomic E-state index is -0.0125. The van der Waals surface area contributed by atoms with Crippen molar-refractivity contribution in [2.75, 3.05) is 20.8 Å². The molecule has 0 heterocycles. The second kappa shape index (κ2) is 10.4. The van der Waals surface area contributed by atoms with E-state index in [0.717, 1.165) is 17.5 Å². The summed E-state index contributed by atoms with van der Waals surface area (Å²) in [5, 5.41) is 0.951. The quantitative estimate of drug-likeness (QED) is 0.523. The van der Waals surface area contributed by atoms with E-state index in [1.165, 1.54) is 0 Å². The van der Waals surface area contributed by atoms with Crippen molar-refractivity contribution in [2.24, 2.45) is 0 Å². The van der Waals surface area contributed by atoms with Gasteiger partial charge in [0.25, 0.3) is 0 Å². The molecule has 2 rings (SSSR count). The molecule has 1 unspecified atom stereocenters. The third-order valence-corrected chi connectivity index (χ3v) is 4.34. The number of benzene rings is 2. The number of carbonyl (C=O) groups excluding carboxylic acids is 1. The van der Waals surface area contributed by atoms with Crippen LogP contribution in [0.4, 0.5) is 0 Å². The first-order valence-electron chi connectivity index (χ1n) is 7.44. The van der Waals surface area contributed by atoms with Gasteiger partial charge in [0.1, 0.15) is 22.8 Å². The van der Waals surface area contributed by atoms with E-state index in [1.54, 1.807) is 32.4 Å². The molecule has 1 atom stereocenters.